The molecule has 0 fully saturated rings. The van der Waals surface area contributed by atoms with Gasteiger partial charge in [-0.2, -0.15) is 5.10 Å². The fraction of sp³-hybridized carbons (Fsp3) is 0.211. The number of fused-ring (bicyclic) bond motifs is 1. The standard InChI is InChI=1S/C19H18ClN3O2/c1-2-17(13-7-5-8-15(20)10-13)22-18(24)12-23-19(25)16-9-4-3-6-14(16)11-21-23/h3-11,17H,2,12H2,1H3,(H,22,24). The van der Waals surface area contributed by atoms with Gasteiger partial charge in [-0.15, -0.1) is 0 Å². The highest BCUT2D eigenvalue weighted by molar-refractivity contribution is 6.30. The van der Waals surface area contributed by atoms with Gasteiger partial charge in [-0.1, -0.05) is 48.9 Å². The van der Waals surface area contributed by atoms with Crippen molar-refractivity contribution >= 4 is 28.3 Å². The van der Waals surface area contributed by atoms with E-state index in [4.69, 9.17) is 11.6 Å². The van der Waals surface area contributed by atoms with E-state index in [0.717, 1.165) is 10.9 Å². The third kappa shape index (κ3) is 3.88. The van der Waals surface area contributed by atoms with Crippen molar-refractivity contribution in [2.24, 2.45) is 0 Å². The molecule has 1 N–H and O–H groups in total. The maximum Gasteiger partial charge on any atom is 0.275 e. The van der Waals surface area contributed by atoms with Gasteiger partial charge >= 0.3 is 0 Å². The van der Waals surface area contributed by atoms with Crippen LogP contribution in [0.5, 0.6) is 0 Å². The van der Waals surface area contributed by atoms with Gasteiger partial charge in [0.05, 0.1) is 17.6 Å². The summed E-state index contributed by atoms with van der Waals surface area (Å²) in [6, 6.07) is 14.4. The Labute approximate surface area is 150 Å². The molecule has 0 saturated heterocycles. The molecule has 0 saturated carbocycles. The van der Waals surface area contributed by atoms with Crippen LogP contribution in [0.25, 0.3) is 10.8 Å². The molecule has 0 aliphatic heterocycles. The van der Waals surface area contributed by atoms with Crippen LogP contribution in [0.4, 0.5) is 0 Å². The summed E-state index contributed by atoms with van der Waals surface area (Å²) in [4.78, 5) is 24.8. The van der Waals surface area contributed by atoms with Crippen LogP contribution in [0.2, 0.25) is 5.02 Å². The number of benzene rings is 2. The molecule has 0 radical (unpaired) electrons. The molecule has 1 amide bonds. The van der Waals surface area contributed by atoms with Crippen LogP contribution >= 0.6 is 11.6 Å². The summed E-state index contributed by atoms with van der Waals surface area (Å²) in [6.07, 6.45) is 2.31. The highest BCUT2D eigenvalue weighted by atomic mass is 35.5. The Balaban J connectivity index is 1.78. The third-order valence-corrected chi connectivity index (χ3v) is 4.28. The second-order valence-corrected chi connectivity index (χ2v) is 6.21. The van der Waals surface area contributed by atoms with Gasteiger partial charge in [0, 0.05) is 10.4 Å². The fourth-order valence-electron chi connectivity index (χ4n) is 2.76. The number of halogens is 1. The van der Waals surface area contributed by atoms with Gasteiger partial charge < -0.3 is 5.32 Å². The molecular formula is C19H18ClN3O2. The van der Waals surface area contributed by atoms with Gasteiger partial charge in [-0.3, -0.25) is 9.59 Å². The number of rotatable bonds is 5. The molecular weight excluding hydrogens is 338 g/mol. The first-order chi connectivity index (χ1) is 12.1. The van der Waals surface area contributed by atoms with E-state index in [1.54, 1.807) is 24.4 Å². The Kier molecular flexibility index (Phi) is 5.14. The second kappa shape index (κ2) is 7.49. The quantitative estimate of drug-likeness (QED) is 0.763. The number of nitrogens with zero attached hydrogens (tertiary/aromatic N) is 2. The predicted molar refractivity (Wildman–Crippen MR) is 98.6 cm³/mol. The van der Waals surface area contributed by atoms with Crippen molar-refractivity contribution in [2.45, 2.75) is 25.9 Å². The van der Waals surface area contributed by atoms with E-state index in [1.165, 1.54) is 4.68 Å². The SMILES string of the molecule is CCC(NC(=O)Cn1ncc2ccccc2c1=O)c1cccc(Cl)c1. The average Bonchev–Trinajstić information content (AvgIpc) is 2.62. The first-order valence-corrected chi connectivity index (χ1v) is 8.46. The van der Waals surface area contributed by atoms with E-state index in [1.807, 2.05) is 37.3 Å². The molecule has 1 unspecified atom stereocenters. The Hall–Kier alpha value is -2.66. The summed E-state index contributed by atoms with van der Waals surface area (Å²) in [7, 11) is 0. The highest BCUT2D eigenvalue weighted by Gasteiger charge is 2.15. The number of nitrogens with one attached hydrogen (secondary N) is 1. The molecule has 0 aliphatic rings. The van der Waals surface area contributed by atoms with E-state index in [0.29, 0.717) is 16.8 Å². The van der Waals surface area contributed by atoms with Crippen molar-refractivity contribution in [1.82, 2.24) is 15.1 Å². The summed E-state index contributed by atoms with van der Waals surface area (Å²) in [6.45, 7) is 1.85. The monoisotopic (exact) mass is 355 g/mol. The van der Waals surface area contributed by atoms with E-state index in [9.17, 15) is 9.59 Å². The normalized spacial score (nSPS) is 12.1. The predicted octanol–water partition coefficient (Wildman–Crippen LogP) is 3.32. The minimum atomic E-state index is -0.274. The van der Waals surface area contributed by atoms with Crippen molar-refractivity contribution in [3.63, 3.8) is 0 Å². The zero-order valence-corrected chi connectivity index (χ0v) is 14.5. The Morgan fingerprint density at radius 2 is 2.04 bits per heavy atom. The zero-order chi connectivity index (χ0) is 17.8. The topological polar surface area (TPSA) is 64.0 Å². The molecule has 0 aliphatic carbocycles. The van der Waals surface area contributed by atoms with Crippen LogP contribution in [-0.2, 0) is 11.3 Å². The van der Waals surface area contributed by atoms with E-state index < -0.39 is 0 Å². The van der Waals surface area contributed by atoms with Gasteiger partial charge in [0.1, 0.15) is 6.54 Å². The number of carbonyl (C=O) groups is 1. The molecule has 3 aromatic rings. The number of aromatic nitrogens is 2. The van der Waals surface area contributed by atoms with Crippen molar-refractivity contribution < 1.29 is 4.79 Å². The summed E-state index contributed by atoms with van der Waals surface area (Å²) >= 11 is 6.02. The highest BCUT2D eigenvalue weighted by Crippen LogP contribution is 2.20. The fourth-order valence-corrected chi connectivity index (χ4v) is 2.96. The van der Waals surface area contributed by atoms with Gasteiger partial charge in [-0.25, -0.2) is 4.68 Å². The van der Waals surface area contributed by atoms with Gasteiger partial charge in [0.15, 0.2) is 0 Å². The van der Waals surface area contributed by atoms with Gasteiger partial charge in [0.25, 0.3) is 5.56 Å². The lowest BCUT2D eigenvalue weighted by molar-refractivity contribution is -0.122. The van der Waals surface area contributed by atoms with Crippen LogP contribution in [-0.4, -0.2) is 15.7 Å². The number of carbonyl (C=O) groups excluding carboxylic acids is 1. The van der Waals surface area contributed by atoms with Gasteiger partial charge in [0.2, 0.25) is 5.91 Å². The molecule has 0 spiro atoms. The minimum absolute atomic E-state index is 0.124. The minimum Gasteiger partial charge on any atom is -0.348 e. The molecule has 128 valence electrons. The lowest BCUT2D eigenvalue weighted by Gasteiger charge is -2.18. The Morgan fingerprint density at radius 3 is 2.80 bits per heavy atom. The molecule has 6 heteroatoms. The first-order valence-electron chi connectivity index (χ1n) is 8.08. The lowest BCUT2D eigenvalue weighted by atomic mass is 10.0. The second-order valence-electron chi connectivity index (χ2n) is 5.78. The van der Waals surface area contributed by atoms with Crippen LogP contribution in [0.15, 0.2) is 59.5 Å². The van der Waals surface area contributed by atoms with Crippen LogP contribution in [0.3, 0.4) is 0 Å². The molecule has 2 aromatic carbocycles. The summed E-state index contributed by atoms with van der Waals surface area (Å²) in [5.74, 6) is -0.267. The van der Waals surface area contributed by atoms with Crippen molar-refractivity contribution in [3.8, 4) is 0 Å². The lowest BCUT2D eigenvalue weighted by Crippen LogP contribution is -2.35. The Bertz CT molecular complexity index is 968. The van der Waals surface area contributed by atoms with E-state index in [2.05, 4.69) is 10.4 Å². The largest absolute Gasteiger partial charge is 0.348 e. The Morgan fingerprint density at radius 1 is 1.24 bits per heavy atom. The molecule has 3 rings (SSSR count). The molecule has 1 heterocycles. The number of hydrogen-bond acceptors (Lipinski definition) is 3. The van der Waals surface area contributed by atoms with Crippen LogP contribution < -0.4 is 10.9 Å². The van der Waals surface area contributed by atoms with Crippen LogP contribution in [0, 0.1) is 0 Å². The molecule has 0 bridgehead atoms. The van der Waals surface area contributed by atoms with Crippen molar-refractivity contribution in [1.29, 1.82) is 0 Å². The van der Waals surface area contributed by atoms with E-state index in [-0.39, 0.29) is 24.1 Å². The average molecular weight is 356 g/mol. The maximum atomic E-state index is 12.4. The molecule has 1 aromatic heterocycles. The van der Waals surface area contributed by atoms with Gasteiger partial charge in [-0.05, 0) is 30.2 Å². The summed E-state index contributed by atoms with van der Waals surface area (Å²) in [5.41, 5.74) is 0.659. The van der Waals surface area contributed by atoms with Crippen LogP contribution in [0.1, 0.15) is 24.9 Å². The van der Waals surface area contributed by atoms with Crippen molar-refractivity contribution in [3.05, 3.63) is 75.7 Å². The molecule has 5 nitrogen and oxygen atoms in total. The number of hydrogen-bond donors (Lipinski definition) is 1. The zero-order valence-electron chi connectivity index (χ0n) is 13.8. The van der Waals surface area contributed by atoms with Crippen molar-refractivity contribution in [2.75, 3.05) is 0 Å². The summed E-state index contributed by atoms with van der Waals surface area (Å²) < 4.78 is 1.18. The third-order valence-electron chi connectivity index (χ3n) is 4.05. The molecule has 1 atom stereocenters. The first kappa shape index (κ1) is 17.2. The number of amides is 1. The maximum absolute atomic E-state index is 12.4. The molecule has 25 heavy (non-hydrogen) atoms. The smallest absolute Gasteiger partial charge is 0.275 e. The summed E-state index contributed by atoms with van der Waals surface area (Å²) in [5, 5.41) is 8.96. The van der Waals surface area contributed by atoms with E-state index >= 15 is 0 Å².